The van der Waals surface area contributed by atoms with E-state index < -0.39 is 0 Å². The van der Waals surface area contributed by atoms with Gasteiger partial charge in [-0.3, -0.25) is 9.59 Å². The number of halogens is 1. The Hall–Kier alpha value is -2.42. The van der Waals surface area contributed by atoms with Crippen LogP contribution in [0.4, 0.5) is 5.95 Å². The van der Waals surface area contributed by atoms with Gasteiger partial charge < -0.3 is 19.8 Å². The molecule has 10 heteroatoms. The standard InChI is InChI=1S/C14H18ClN5O4/c1-8(21)23-5-10(6-24-9(2)22)3-4-20-7-17-13-11(20)12(15)18-14(16)19-13/h7,10H,3-6H2,1-2H3,(H2,16,18,19). The van der Waals surface area contributed by atoms with Gasteiger partial charge in [-0.25, -0.2) is 4.98 Å². The van der Waals surface area contributed by atoms with Crippen LogP contribution in [0, 0.1) is 5.92 Å². The first kappa shape index (κ1) is 17.9. The molecule has 0 aromatic carbocycles. The minimum Gasteiger partial charge on any atom is -0.465 e. The van der Waals surface area contributed by atoms with Crippen molar-refractivity contribution in [2.75, 3.05) is 18.9 Å². The topological polar surface area (TPSA) is 122 Å². The molecule has 0 spiro atoms. The fraction of sp³-hybridized carbons (Fsp3) is 0.500. The third kappa shape index (κ3) is 4.79. The van der Waals surface area contributed by atoms with Crippen molar-refractivity contribution in [1.82, 2.24) is 19.5 Å². The van der Waals surface area contributed by atoms with Gasteiger partial charge in [0, 0.05) is 26.3 Å². The number of fused-ring (bicyclic) bond motifs is 1. The molecule has 2 N–H and O–H groups in total. The molecule has 0 radical (unpaired) electrons. The summed E-state index contributed by atoms with van der Waals surface area (Å²) in [5.74, 6) is -0.866. The molecule has 0 amide bonds. The highest BCUT2D eigenvalue weighted by atomic mass is 35.5. The average Bonchev–Trinajstić information content (AvgIpc) is 2.89. The van der Waals surface area contributed by atoms with Gasteiger partial charge in [0.1, 0.15) is 5.52 Å². The number of carbonyl (C=O) groups is 2. The number of anilines is 1. The average molecular weight is 356 g/mol. The van der Waals surface area contributed by atoms with Gasteiger partial charge in [0.25, 0.3) is 0 Å². The van der Waals surface area contributed by atoms with Gasteiger partial charge in [-0.1, -0.05) is 11.6 Å². The van der Waals surface area contributed by atoms with Crippen molar-refractivity contribution in [2.24, 2.45) is 5.92 Å². The molecular formula is C14H18ClN5O4. The molecule has 2 aromatic rings. The SMILES string of the molecule is CC(=O)OCC(CCn1cnc2nc(N)nc(Cl)c21)COC(C)=O. The lowest BCUT2D eigenvalue weighted by Crippen LogP contribution is -2.21. The predicted octanol–water partition coefficient (Wildman–Crippen LogP) is 1.19. The van der Waals surface area contributed by atoms with Crippen LogP contribution < -0.4 is 5.73 Å². The van der Waals surface area contributed by atoms with Crippen molar-refractivity contribution in [3.8, 4) is 0 Å². The summed E-state index contributed by atoms with van der Waals surface area (Å²) in [6.45, 7) is 3.48. The monoisotopic (exact) mass is 355 g/mol. The maximum atomic E-state index is 11.0. The fourth-order valence-electron chi connectivity index (χ4n) is 2.13. The van der Waals surface area contributed by atoms with Crippen molar-refractivity contribution in [3.05, 3.63) is 11.5 Å². The Kier molecular flexibility index (Phi) is 5.91. The molecule has 0 unspecified atom stereocenters. The minimum atomic E-state index is -0.386. The molecule has 9 nitrogen and oxygen atoms in total. The highest BCUT2D eigenvalue weighted by Crippen LogP contribution is 2.21. The molecule has 0 aliphatic rings. The Morgan fingerprint density at radius 2 is 1.88 bits per heavy atom. The van der Waals surface area contributed by atoms with Gasteiger partial charge in [-0.05, 0) is 6.42 Å². The van der Waals surface area contributed by atoms with Gasteiger partial charge in [0.15, 0.2) is 10.8 Å². The molecule has 0 fully saturated rings. The number of hydrogen-bond acceptors (Lipinski definition) is 8. The second-order valence-corrected chi connectivity index (χ2v) is 5.60. The quantitative estimate of drug-likeness (QED) is 0.580. The summed E-state index contributed by atoms with van der Waals surface area (Å²) in [7, 11) is 0. The molecule has 2 rings (SSSR count). The predicted molar refractivity (Wildman–Crippen MR) is 86.1 cm³/mol. The molecule has 0 bridgehead atoms. The number of nitrogen functional groups attached to an aromatic ring is 1. The lowest BCUT2D eigenvalue weighted by atomic mass is 10.1. The van der Waals surface area contributed by atoms with Gasteiger partial charge >= 0.3 is 11.9 Å². The van der Waals surface area contributed by atoms with Crippen LogP contribution in [0.5, 0.6) is 0 Å². The first-order chi connectivity index (χ1) is 11.4. The van der Waals surface area contributed by atoms with E-state index in [2.05, 4.69) is 15.0 Å². The van der Waals surface area contributed by atoms with Gasteiger partial charge in [-0.15, -0.1) is 0 Å². The summed E-state index contributed by atoms with van der Waals surface area (Å²) in [5.41, 5.74) is 6.52. The highest BCUT2D eigenvalue weighted by molar-refractivity contribution is 6.33. The van der Waals surface area contributed by atoms with E-state index in [4.69, 9.17) is 26.8 Å². The van der Waals surface area contributed by atoms with Crippen LogP contribution >= 0.6 is 11.6 Å². The molecule has 0 saturated carbocycles. The van der Waals surface area contributed by atoms with E-state index in [1.54, 1.807) is 10.9 Å². The van der Waals surface area contributed by atoms with Crippen molar-refractivity contribution < 1.29 is 19.1 Å². The summed E-state index contributed by atoms with van der Waals surface area (Å²) in [5, 5.41) is 0.214. The van der Waals surface area contributed by atoms with E-state index >= 15 is 0 Å². The number of rotatable bonds is 7. The van der Waals surface area contributed by atoms with E-state index in [1.165, 1.54) is 13.8 Å². The number of nitrogens with zero attached hydrogens (tertiary/aromatic N) is 4. The largest absolute Gasteiger partial charge is 0.465 e. The van der Waals surface area contributed by atoms with Crippen LogP contribution in [0.1, 0.15) is 20.3 Å². The Balaban J connectivity index is 2.07. The van der Waals surface area contributed by atoms with Crippen LogP contribution in [0.25, 0.3) is 11.2 Å². The Labute approximate surface area is 143 Å². The van der Waals surface area contributed by atoms with Crippen LogP contribution in [0.15, 0.2) is 6.33 Å². The zero-order valence-electron chi connectivity index (χ0n) is 13.4. The molecule has 0 aliphatic carbocycles. The third-order valence-corrected chi connectivity index (χ3v) is 3.53. The minimum absolute atomic E-state index is 0.0559. The Morgan fingerprint density at radius 1 is 1.25 bits per heavy atom. The first-order valence-corrected chi connectivity index (χ1v) is 7.65. The molecular weight excluding hydrogens is 338 g/mol. The van der Waals surface area contributed by atoms with Crippen molar-refractivity contribution in [3.63, 3.8) is 0 Å². The number of aromatic nitrogens is 4. The summed E-state index contributed by atoms with van der Waals surface area (Å²) in [4.78, 5) is 34.0. The molecule has 0 saturated heterocycles. The van der Waals surface area contributed by atoms with Crippen molar-refractivity contribution in [1.29, 1.82) is 0 Å². The van der Waals surface area contributed by atoms with Gasteiger partial charge in [-0.2, -0.15) is 9.97 Å². The molecule has 2 heterocycles. The second-order valence-electron chi connectivity index (χ2n) is 5.24. The molecule has 130 valence electrons. The van der Waals surface area contributed by atoms with Gasteiger partial charge in [0.2, 0.25) is 5.95 Å². The number of carbonyl (C=O) groups excluding carboxylic acids is 2. The number of ether oxygens (including phenoxy) is 2. The lowest BCUT2D eigenvalue weighted by Gasteiger charge is -2.16. The molecule has 0 atom stereocenters. The number of hydrogen-bond donors (Lipinski definition) is 1. The lowest BCUT2D eigenvalue weighted by molar-refractivity contribution is -0.146. The van der Waals surface area contributed by atoms with Crippen LogP contribution in [-0.2, 0) is 25.6 Å². The van der Waals surface area contributed by atoms with E-state index in [0.29, 0.717) is 24.1 Å². The number of imidazole rings is 1. The second kappa shape index (κ2) is 7.91. The van der Waals surface area contributed by atoms with E-state index in [-0.39, 0.29) is 42.2 Å². The normalized spacial score (nSPS) is 11.0. The van der Waals surface area contributed by atoms with Crippen LogP contribution in [0.3, 0.4) is 0 Å². The van der Waals surface area contributed by atoms with E-state index in [0.717, 1.165) is 0 Å². The zero-order valence-corrected chi connectivity index (χ0v) is 14.1. The smallest absolute Gasteiger partial charge is 0.302 e. The number of nitrogens with two attached hydrogens (primary N) is 1. The van der Waals surface area contributed by atoms with Crippen LogP contribution in [-0.4, -0.2) is 44.7 Å². The van der Waals surface area contributed by atoms with Crippen molar-refractivity contribution >= 4 is 40.7 Å². The van der Waals surface area contributed by atoms with E-state index in [1.807, 2.05) is 0 Å². The number of esters is 2. The van der Waals surface area contributed by atoms with Gasteiger partial charge in [0.05, 0.1) is 19.5 Å². The zero-order chi connectivity index (χ0) is 17.7. The maximum Gasteiger partial charge on any atom is 0.302 e. The Bertz CT molecular complexity index is 730. The maximum absolute atomic E-state index is 11.0. The molecule has 2 aromatic heterocycles. The summed E-state index contributed by atoms with van der Waals surface area (Å²) in [6.07, 6.45) is 2.16. The highest BCUT2D eigenvalue weighted by Gasteiger charge is 2.16. The number of aryl methyl sites for hydroxylation is 1. The molecule has 24 heavy (non-hydrogen) atoms. The summed E-state index contributed by atoms with van der Waals surface area (Å²) < 4.78 is 11.8. The van der Waals surface area contributed by atoms with Crippen molar-refractivity contribution in [2.45, 2.75) is 26.8 Å². The summed E-state index contributed by atoms with van der Waals surface area (Å²) >= 11 is 6.10. The van der Waals surface area contributed by atoms with E-state index in [9.17, 15) is 9.59 Å². The third-order valence-electron chi connectivity index (χ3n) is 3.27. The summed E-state index contributed by atoms with van der Waals surface area (Å²) in [6, 6.07) is 0. The fourth-order valence-corrected chi connectivity index (χ4v) is 2.41. The first-order valence-electron chi connectivity index (χ1n) is 7.27. The van der Waals surface area contributed by atoms with Crippen LogP contribution in [0.2, 0.25) is 5.15 Å². The Morgan fingerprint density at radius 3 is 2.46 bits per heavy atom. The molecule has 0 aliphatic heterocycles.